The molecule has 1 amide bonds. The van der Waals surface area contributed by atoms with Crippen molar-refractivity contribution in [3.8, 4) is 0 Å². The van der Waals surface area contributed by atoms with Gasteiger partial charge in [0.15, 0.2) is 0 Å². The zero-order valence-electron chi connectivity index (χ0n) is 12.3. The van der Waals surface area contributed by atoms with Gasteiger partial charge < -0.3 is 24.2 Å². The predicted molar refractivity (Wildman–Crippen MR) is 69.8 cm³/mol. The minimum absolute atomic E-state index is 0.162. The van der Waals surface area contributed by atoms with E-state index < -0.39 is 17.5 Å². The molecule has 1 aliphatic rings. The molecular weight excluding hydrogens is 250 g/mol. The number of ether oxygens (including phenoxy) is 3. The van der Waals surface area contributed by atoms with Crippen LogP contribution in [-0.4, -0.2) is 60.9 Å². The number of amides is 1. The van der Waals surface area contributed by atoms with Crippen LogP contribution in [0.25, 0.3) is 0 Å². The van der Waals surface area contributed by atoms with Gasteiger partial charge in [-0.1, -0.05) is 0 Å². The first-order chi connectivity index (χ1) is 8.82. The molecule has 112 valence electrons. The molecule has 1 fully saturated rings. The summed E-state index contributed by atoms with van der Waals surface area (Å²) < 4.78 is 16.2. The fourth-order valence-corrected chi connectivity index (χ4v) is 1.84. The van der Waals surface area contributed by atoms with Crippen LogP contribution in [0.4, 0.5) is 4.79 Å². The number of carbonyl (C=O) groups excluding carboxylic acids is 1. The van der Waals surface area contributed by atoms with Crippen molar-refractivity contribution in [2.24, 2.45) is 0 Å². The molecule has 1 N–H and O–H groups in total. The molecule has 0 bridgehead atoms. The van der Waals surface area contributed by atoms with Crippen LogP contribution in [0.5, 0.6) is 0 Å². The first-order valence-electron chi connectivity index (χ1n) is 6.60. The van der Waals surface area contributed by atoms with E-state index in [2.05, 4.69) is 0 Å². The number of nitrogens with zero attached hydrogens (tertiary/aromatic N) is 1. The SMILES string of the molecule is CO[C@@]1(CO)CN(C(=O)OC(C)(C)C)CCCCO1. The second-order valence-electron chi connectivity index (χ2n) is 5.73. The Labute approximate surface area is 114 Å². The topological polar surface area (TPSA) is 68.2 Å². The third kappa shape index (κ3) is 4.97. The summed E-state index contributed by atoms with van der Waals surface area (Å²) in [5, 5.41) is 9.46. The van der Waals surface area contributed by atoms with Gasteiger partial charge in [0, 0.05) is 13.7 Å². The Morgan fingerprint density at radius 1 is 1.42 bits per heavy atom. The fraction of sp³-hybridized carbons (Fsp3) is 0.923. The van der Waals surface area contributed by atoms with E-state index in [1.807, 2.05) is 20.8 Å². The van der Waals surface area contributed by atoms with Gasteiger partial charge in [-0.25, -0.2) is 4.79 Å². The van der Waals surface area contributed by atoms with Crippen LogP contribution >= 0.6 is 0 Å². The van der Waals surface area contributed by atoms with Crippen LogP contribution in [0.2, 0.25) is 0 Å². The molecule has 0 aromatic rings. The van der Waals surface area contributed by atoms with Gasteiger partial charge >= 0.3 is 6.09 Å². The average Bonchev–Trinajstić information content (AvgIpc) is 2.27. The summed E-state index contributed by atoms with van der Waals surface area (Å²) in [5.41, 5.74) is -0.546. The average molecular weight is 275 g/mol. The largest absolute Gasteiger partial charge is 0.444 e. The monoisotopic (exact) mass is 275 g/mol. The Morgan fingerprint density at radius 2 is 2.11 bits per heavy atom. The zero-order valence-corrected chi connectivity index (χ0v) is 12.3. The van der Waals surface area contributed by atoms with E-state index >= 15 is 0 Å². The van der Waals surface area contributed by atoms with Gasteiger partial charge in [0.25, 0.3) is 0 Å². The van der Waals surface area contributed by atoms with E-state index in [4.69, 9.17) is 14.2 Å². The second-order valence-corrected chi connectivity index (χ2v) is 5.73. The molecule has 0 radical (unpaired) electrons. The van der Waals surface area contributed by atoms with E-state index in [0.29, 0.717) is 13.2 Å². The number of hydrogen-bond donors (Lipinski definition) is 1. The number of aliphatic hydroxyl groups is 1. The molecule has 1 saturated heterocycles. The smallest absolute Gasteiger partial charge is 0.410 e. The lowest BCUT2D eigenvalue weighted by Crippen LogP contribution is -2.53. The molecule has 0 unspecified atom stereocenters. The molecular formula is C13H25NO5. The van der Waals surface area contributed by atoms with E-state index in [1.54, 1.807) is 0 Å². The maximum Gasteiger partial charge on any atom is 0.410 e. The third-order valence-electron chi connectivity index (χ3n) is 2.88. The van der Waals surface area contributed by atoms with Gasteiger partial charge in [-0.3, -0.25) is 0 Å². The summed E-state index contributed by atoms with van der Waals surface area (Å²) in [4.78, 5) is 13.6. The second kappa shape index (κ2) is 6.54. The summed E-state index contributed by atoms with van der Waals surface area (Å²) in [6.07, 6.45) is 1.24. The van der Waals surface area contributed by atoms with Crippen molar-refractivity contribution in [1.82, 2.24) is 4.90 Å². The molecule has 1 aliphatic heterocycles. The van der Waals surface area contributed by atoms with Crippen molar-refractivity contribution in [2.45, 2.75) is 45.0 Å². The standard InChI is InChI=1S/C13H25NO5/c1-12(2,3)19-11(16)14-7-5-6-8-18-13(9-14,10-15)17-4/h15H,5-10H2,1-4H3/t13-/m0/s1. The maximum absolute atomic E-state index is 12.1. The van der Waals surface area contributed by atoms with Crippen molar-refractivity contribution in [2.75, 3.05) is 33.4 Å². The Bertz CT molecular complexity index is 296. The molecule has 1 heterocycles. The lowest BCUT2D eigenvalue weighted by atomic mass is 10.2. The Hall–Kier alpha value is -0.850. The molecule has 6 heteroatoms. The molecule has 1 rings (SSSR count). The molecule has 0 spiro atoms. The Kier molecular flexibility index (Phi) is 5.58. The minimum Gasteiger partial charge on any atom is -0.444 e. The first kappa shape index (κ1) is 16.2. The Morgan fingerprint density at radius 3 is 2.63 bits per heavy atom. The Balaban J connectivity index is 2.76. The van der Waals surface area contributed by atoms with E-state index in [9.17, 15) is 9.90 Å². The van der Waals surface area contributed by atoms with E-state index in [1.165, 1.54) is 12.0 Å². The fourth-order valence-electron chi connectivity index (χ4n) is 1.84. The number of rotatable bonds is 2. The third-order valence-corrected chi connectivity index (χ3v) is 2.88. The summed E-state index contributed by atoms with van der Waals surface area (Å²) in [6.45, 7) is 6.40. The van der Waals surface area contributed by atoms with Crippen LogP contribution in [0.3, 0.4) is 0 Å². The first-order valence-corrected chi connectivity index (χ1v) is 6.60. The molecule has 0 aromatic heterocycles. The van der Waals surface area contributed by atoms with Crippen LogP contribution in [0.15, 0.2) is 0 Å². The predicted octanol–water partition coefficient (Wildman–Crippen LogP) is 1.37. The number of aliphatic hydroxyl groups excluding tert-OH is 1. The van der Waals surface area contributed by atoms with Crippen molar-refractivity contribution >= 4 is 6.09 Å². The summed E-state index contributed by atoms with van der Waals surface area (Å²) in [5.74, 6) is -1.16. The number of carbonyl (C=O) groups is 1. The molecule has 6 nitrogen and oxygen atoms in total. The highest BCUT2D eigenvalue weighted by Crippen LogP contribution is 2.20. The van der Waals surface area contributed by atoms with Gasteiger partial charge in [0.05, 0.1) is 19.8 Å². The van der Waals surface area contributed by atoms with E-state index in [0.717, 1.165) is 12.8 Å². The van der Waals surface area contributed by atoms with Gasteiger partial charge in [-0.05, 0) is 33.6 Å². The summed E-state index contributed by atoms with van der Waals surface area (Å²) in [6, 6.07) is 0. The van der Waals surface area contributed by atoms with Gasteiger partial charge in [-0.15, -0.1) is 0 Å². The van der Waals surface area contributed by atoms with Crippen molar-refractivity contribution in [3.63, 3.8) is 0 Å². The molecule has 0 aliphatic carbocycles. The quantitative estimate of drug-likeness (QED) is 0.824. The molecule has 19 heavy (non-hydrogen) atoms. The van der Waals surface area contributed by atoms with Crippen LogP contribution < -0.4 is 0 Å². The van der Waals surface area contributed by atoms with Crippen molar-refractivity contribution in [3.05, 3.63) is 0 Å². The van der Waals surface area contributed by atoms with Crippen LogP contribution in [-0.2, 0) is 14.2 Å². The zero-order chi connectivity index (χ0) is 14.5. The lowest BCUT2D eigenvalue weighted by Gasteiger charge is -2.38. The number of hydrogen-bond acceptors (Lipinski definition) is 5. The summed E-state index contributed by atoms with van der Waals surface area (Å²) >= 11 is 0. The lowest BCUT2D eigenvalue weighted by molar-refractivity contribution is -0.251. The molecule has 0 saturated carbocycles. The normalized spacial score (nSPS) is 25.6. The molecule has 1 atom stereocenters. The van der Waals surface area contributed by atoms with Crippen LogP contribution in [0, 0.1) is 0 Å². The summed E-state index contributed by atoms with van der Waals surface area (Å²) in [7, 11) is 1.46. The van der Waals surface area contributed by atoms with Crippen molar-refractivity contribution < 1.29 is 24.1 Å². The highest BCUT2D eigenvalue weighted by atomic mass is 16.7. The van der Waals surface area contributed by atoms with Crippen LogP contribution in [0.1, 0.15) is 33.6 Å². The minimum atomic E-state index is -1.16. The van der Waals surface area contributed by atoms with Crippen molar-refractivity contribution in [1.29, 1.82) is 0 Å². The van der Waals surface area contributed by atoms with E-state index in [-0.39, 0.29) is 13.2 Å². The van der Waals surface area contributed by atoms with Gasteiger partial charge in [0.1, 0.15) is 5.60 Å². The van der Waals surface area contributed by atoms with Gasteiger partial charge in [0.2, 0.25) is 5.79 Å². The highest BCUT2D eigenvalue weighted by molar-refractivity contribution is 5.68. The number of methoxy groups -OCH3 is 1. The van der Waals surface area contributed by atoms with Gasteiger partial charge in [-0.2, -0.15) is 0 Å². The highest BCUT2D eigenvalue weighted by Gasteiger charge is 2.37. The maximum atomic E-state index is 12.1. The molecule has 0 aromatic carbocycles.